The number of hydrogen-bond acceptors (Lipinski definition) is 2. The second-order valence-corrected chi connectivity index (χ2v) is 5.84. The minimum Gasteiger partial charge on any atom is -0.435 e. The Morgan fingerprint density at radius 1 is 1.16 bits per heavy atom. The van der Waals surface area contributed by atoms with Crippen molar-refractivity contribution in [3.63, 3.8) is 0 Å². The maximum atomic E-state index is 6.14. The van der Waals surface area contributed by atoms with E-state index in [9.17, 15) is 0 Å². The molecular formula is C15H11BrClNO. The fourth-order valence-corrected chi connectivity index (χ4v) is 2.80. The number of nitrogens with zero attached hydrogens (tertiary/aromatic N) is 1. The lowest BCUT2D eigenvalue weighted by Crippen LogP contribution is -1.80. The largest absolute Gasteiger partial charge is 0.435 e. The Kier molecular flexibility index (Phi) is 3.11. The molecule has 0 amide bonds. The first-order valence-corrected chi connectivity index (χ1v) is 7.05. The molecule has 4 heteroatoms. The van der Waals surface area contributed by atoms with E-state index in [0.717, 1.165) is 37.3 Å². The highest BCUT2D eigenvalue weighted by molar-refractivity contribution is 9.10. The molecule has 0 saturated heterocycles. The lowest BCUT2D eigenvalue weighted by molar-refractivity contribution is 0.618. The van der Waals surface area contributed by atoms with Crippen molar-refractivity contribution in [2.45, 2.75) is 13.8 Å². The predicted octanol–water partition coefficient (Wildman–Crippen LogP) is 5.53. The van der Waals surface area contributed by atoms with Gasteiger partial charge in [0.1, 0.15) is 5.52 Å². The Morgan fingerprint density at radius 2 is 1.95 bits per heavy atom. The summed E-state index contributed by atoms with van der Waals surface area (Å²) in [6, 6.07) is 9.82. The molecule has 0 spiro atoms. The average Bonchev–Trinajstić information content (AvgIpc) is 2.76. The highest BCUT2D eigenvalue weighted by Gasteiger charge is 2.12. The van der Waals surface area contributed by atoms with Gasteiger partial charge < -0.3 is 4.42 Å². The van der Waals surface area contributed by atoms with Crippen LogP contribution >= 0.6 is 27.5 Å². The number of benzene rings is 2. The van der Waals surface area contributed by atoms with Crippen molar-refractivity contribution in [1.29, 1.82) is 0 Å². The molecule has 0 bridgehead atoms. The number of halogens is 2. The SMILES string of the molecule is Cc1cc(Br)c2oc(-c3ccc(C)c(Cl)c3)nc2c1. The first kappa shape index (κ1) is 12.7. The van der Waals surface area contributed by atoms with Crippen LogP contribution < -0.4 is 0 Å². The molecule has 96 valence electrons. The van der Waals surface area contributed by atoms with Crippen LogP contribution in [-0.2, 0) is 0 Å². The van der Waals surface area contributed by atoms with Crippen LogP contribution in [0.2, 0.25) is 5.02 Å². The van der Waals surface area contributed by atoms with Crippen molar-refractivity contribution >= 4 is 38.6 Å². The van der Waals surface area contributed by atoms with Crippen LogP contribution in [0, 0.1) is 13.8 Å². The summed E-state index contributed by atoms with van der Waals surface area (Å²) in [5.74, 6) is 0.586. The van der Waals surface area contributed by atoms with Gasteiger partial charge in [-0.05, 0) is 65.2 Å². The zero-order chi connectivity index (χ0) is 13.6. The van der Waals surface area contributed by atoms with E-state index >= 15 is 0 Å². The molecule has 1 heterocycles. The molecule has 19 heavy (non-hydrogen) atoms. The van der Waals surface area contributed by atoms with E-state index in [-0.39, 0.29) is 0 Å². The van der Waals surface area contributed by atoms with Crippen LogP contribution in [0.25, 0.3) is 22.6 Å². The molecule has 0 N–H and O–H groups in total. The summed E-state index contributed by atoms with van der Waals surface area (Å²) in [5, 5.41) is 0.718. The highest BCUT2D eigenvalue weighted by atomic mass is 79.9. The average molecular weight is 337 g/mol. The predicted molar refractivity (Wildman–Crippen MR) is 81.6 cm³/mol. The summed E-state index contributed by atoms with van der Waals surface area (Å²) in [5.41, 5.74) is 4.67. The van der Waals surface area contributed by atoms with E-state index in [4.69, 9.17) is 16.0 Å². The van der Waals surface area contributed by atoms with Gasteiger partial charge in [0, 0.05) is 10.6 Å². The van der Waals surface area contributed by atoms with E-state index in [1.165, 1.54) is 0 Å². The molecule has 0 unspecified atom stereocenters. The summed E-state index contributed by atoms with van der Waals surface area (Å²) in [4.78, 5) is 4.52. The van der Waals surface area contributed by atoms with Crippen LogP contribution in [0.5, 0.6) is 0 Å². The maximum Gasteiger partial charge on any atom is 0.227 e. The first-order valence-electron chi connectivity index (χ1n) is 5.88. The lowest BCUT2D eigenvalue weighted by Gasteiger charge is -1.99. The second-order valence-electron chi connectivity index (χ2n) is 4.58. The quantitative estimate of drug-likeness (QED) is 0.584. The van der Waals surface area contributed by atoms with E-state index in [1.54, 1.807) is 0 Å². The van der Waals surface area contributed by atoms with Gasteiger partial charge >= 0.3 is 0 Å². The van der Waals surface area contributed by atoms with Crippen LogP contribution in [0.15, 0.2) is 39.2 Å². The van der Waals surface area contributed by atoms with E-state index < -0.39 is 0 Å². The zero-order valence-electron chi connectivity index (χ0n) is 10.5. The normalized spacial score (nSPS) is 11.2. The van der Waals surface area contributed by atoms with E-state index in [2.05, 4.69) is 20.9 Å². The van der Waals surface area contributed by atoms with Crippen molar-refractivity contribution in [1.82, 2.24) is 4.98 Å². The van der Waals surface area contributed by atoms with Gasteiger partial charge in [-0.15, -0.1) is 0 Å². The zero-order valence-corrected chi connectivity index (χ0v) is 12.8. The molecule has 0 radical (unpaired) electrons. The van der Waals surface area contributed by atoms with Crippen molar-refractivity contribution in [2.24, 2.45) is 0 Å². The fraction of sp³-hybridized carbons (Fsp3) is 0.133. The monoisotopic (exact) mass is 335 g/mol. The van der Waals surface area contributed by atoms with E-state index in [0.29, 0.717) is 5.89 Å². The molecule has 2 nitrogen and oxygen atoms in total. The first-order chi connectivity index (χ1) is 9.04. The van der Waals surface area contributed by atoms with Gasteiger partial charge in [0.15, 0.2) is 5.58 Å². The standard InChI is InChI=1S/C15H11BrClNO/c1-8-5-11(16)14-13(6-8)18-15(19-14)10-4-3-9(2)12(17)7-10/h3-7H,1-2H3. The molecular weight excluding hydrogens is 326 g/mol. The lowest BCUT2D eigenvalue weighted by atomic mass is 10.1. The number of fused-ring (bicyclic) bond motifs is 1. The van der Waals surface area contributed by atoms with Crippen LogP contribution in [0.1, 0.15) is 11.1 Å². The third-order valence-electron chi connectivity index (χ3n) is 3.01. The Hall–Kier alpha value is -1.32. The van der Waals surface area contributed by atoms with Crippen molar-refractivity contribution in [3.05, 3.63) is 51.0 Å². The third kappa shape index (κ3) is 2.28. The maximum absolute atomic E-state index is 6.14. The Balaban J connectivity index is 2.20. The topological polar surface area (TPSA) is 26.0 Å². The highest BCUT2D eigenvalue weighted by Crippen LogP contribution is 2.31. The number of aryl methyl sites for hydroxylation is 2. The Bertz CT molecular complexity index is 779. The number of hydrogen-bond donors (Lipinski definition) is 0. The second kappa shape index (κ2) is 4.66. The molecule has 0 saturated carbocycles. The van der Waals surface area contributed by atoms with Crippen LogP contribution in [-0.4, -0.2) is 4.98 Å². The van der Waals surface area contributed by atoms with Gasteiger partial charge in [-0.3, -0.25) is 0 Å². The summed E-state index contributed by atoms with van der Waals surface area (Å²) in [6.45, 7) is 4.00. The molecule has 3 rings (SSSR count). The molecule has 0 aliphatic carbocycles. The summed E-state index contributed by atoms with van der Waals surface area (Å²) in [7, 11) is 0. The van der Waals surface area contributed by atoms with Gasteiger partial charge in [-0.1, -0.05) is 17.7 Å². The van der Waals surface area contributed by atoms with Crippen LogP contribution in [0.4, 0.5) is 0 Å². The van der Waals surface area contributed by atoms with Crippen molar-refractivity contribution in [3.8, 4) is 11.5 Å². The molecule has 2 aromatic carbocycles. The third-order valence-corrected chi connectivity index (χ3v) is 4.00. The molecule has 0 aliphatic heterocycles. The Morgan fingerprint density at radius 3 is 2.68 bits per heavy atom. The van der Waals surface area contributed by atoms with Crippen molar-refractivity contribution < 1.29 is 4.42 Å². The van der Waals surface area contributed by atoms with Gasteiger partial charge in [0.25, 0.3) is 0 Å². The van der Waals surface area contributed by atoms with Crippen LogP contribution in [0.3, 0.4) is 0 Å². The molecule has 0 fully saturated rings. The number of rotatable bonds is 1. The minimum absolute atomic E-state index is 0.586. The minimum atomic E-state index is 0.586. The Labute approximate surface area is 124 Å². The fourth-order valence-electron chi connectivity index (χ4n) is 1.97. The van der Waals surface area contributed by atoms with Gasteiger partial charge in [-0.25, -0.2) is 4.98 Å². The molecule has 1 aromatic heterocycles. The summed E-state index contributed by atoms with van der Waals surface area (Å²) in [6.07, 6.45) is 0. The molecule has 0 atom stereocenters. The smallest absolute Gasteiger partial charge is 0.227 e. The molecule has 0 aliphatic rings. The summed E-state index contributed by atoms with van der Waals surface area (Å²) >= 11 is 9.64. The van der Waals surface area contributed by atoms with E-state index in [1.807, 2.05) is 44.2 Å². The van der Waals surface area contributed by atoms with Gasteiger partial charge in [-0.2, -0.15) is 0 Å². The summed E-state index contributed by atoms with van der Waals surface area (Å²) < 4.78 is 6.73. The number of oxazole rings is 1. The number of aromatic nitrogens is 1. The van der Waals surface area contributed by atoms with Crippen molar-refractivity contribution in [2.75, 3.05) is 0 Å². The molecule has 3 aromatic rings. The van der Waals surface area contributed by atoms with Gasteiger partial charge in [0.2, 0.25) is 5.89 Å². The van der Waals surface area contributed by atoms with Gasteiger partial charge in [0.05, 0.1) is 4.47 Å².